The molecule has 0 bridgehead atoms. The molecule has 0 N–H and O–H groups in total. The van der Waals surface area contributed by atoms with Crippen LogP contribution >= 0.6 is 8.60 Å². The Hall–Kier alpha value is 1.28. The van der Waals surface area contributed by atoms with Gasteiger partial charge in [0.2, 0.25) is 0 Å². The molecule has 0 unspecified atom stereocenters. The molecule has 0 saturated heterocycles. The molecule has 0 atom stereocenters. The molecule has 3 nitrogen and oxygen atoms in total. The average Bonchev–Trinajstić information content (AvgIpc) is 2.62. The van der Waals surface area contributed by atoms with Crippen LogP contribution < -0.4 is 0 Å². The van der Waals surface area contributed by atoms with Crippen molar-refractivity contribution in [2.24, 2.45) is 0 Å². The summed E-state index contributed by atoms with van der Waals surface area (Å²) in [6.07, 6.45) is 2.83. The van der Waals surface area contributed by atoms with Crippen LogP contribution in [0.4, 0.5) is 0 Å². The summed E-state index contributed by atoms with van der Waals surface area (Å²) in [6.45, 7) is 11.0. The molecule has 0 heterocycles. The van der Waals surface area contributed by atoms with Crippen molar-refractivity contribution in [3.8, 4) is 0 Å². The molecule has 0 amide bonds. The number of rotatable bonds is 3. The smallest absolute Gasteiger partial charge is 1.02 e. The van der Waals surface area contributed by atoms with Crippen LogP contribution in [0.3, 0.4) is 0 Å². The summed E-state index contributed by atoms with van der Waals surface area (Å²) in [4.78, 5) is 0. The minimum absolute atomic E-state index is 0. The predicted octanol–water partition coefficient (Wildman–Crippen LogP) is 4.45. The van der Waals surface area contributed by atoms with Crippen molar-refractivity contribution in [1.82, 2.24) is 0 Å². The Balaban J connectivity index is -0.000000258. The minimum atomic E-state index is -1.05. The fourth-order valence-corrected chi connectivity index (χ4v) is 2.08. The van der Waals surface area contributed by atoms with Crippen LogP contribution in [0.25, 0.3) is 0 Å². The van der Waals surface area contributed by atoms with Crippen LogP contribution in [0.5, 0.6) is 0 Å². The first-order valence-electron chi connectivity index (χ1n) is 5.81. The predicted molar refractivity (Wildman–Crippen MR) is 85.3 cm³/mol. The summed E-state index contributed by atoms with van der Waals surface area (Å²) in [5.74, 6) is 7.34. The molecule has 0 spiro atoms. The Kier molecular flexibility index (Phi) is 19.9. The van der Waals surface area contributed by atoms with E-state index in [2.05, 4.69) is 67.1 Å². The molecule has 1 saturated carbocycles. The fourth-order valence-electron chi connectivity index (χ4n) is 1.63. The van der Waals surface area contributed by atoms with Gasteiger partial charge in [-0.3, -0.25) is 0 Å². The molecule has 1 fully saturated rings. The van der Waals surface area contributed by atoms with Crippen LogP contribution in [0.2, 0.25) is 0 Å². The molecule has 119 valence electrons. The van der Waals surface area contributed by atoms with Crippen molar-refractivity contribution in [1.29, 1.82) is 0 Å². The van der Waals surface area contributed by atoms with Crippen molar-refractivity contribution in [2.45, 2.75) is 34.6 Å². The van der Waals surface area contributed by atoms with Crippen molar-refractivity contribution in [3.05, 3.63) is 35.8 Å². The Bertz CT molecular complexity index is 159. The topological polar surface area (TPSA) is 27.7 Å². The van der Waals surface area contributed by atoms with Crippen molar-refractivity contribution in [2.75, 3.05) is 21.3 Å². The number of hydrogen-bond donors (Lipinski definition) is 0. The third-order valence-electron chi connectivity index (χ3n) is 3.26. The van der Waals surface area contributed by atoms with Gasteiger partial charge in [-0.1, -0.05) is 34.6 Å². The zero-order valence-electron chi connectivity index (χ0n) is 13.6. The Morgan fingerprint density at radius 3 is 0.850 bits per heavy atom. The molecule has 0 aromatic rings. The molecular weight excluding hydrogens is 382 g/mol. The van der Waals surface area contributed by atoms with E-state index in [1.165, 1.54) is 29.6 Å². The largest absolute Gasteiger partial charge is 3.00 e. The molecule has 1 rings (SSSR count). The van der Waals surface area contributed by atoms with Gasteiger partial charge in [-0.2, -0.15) is 0 Å². The van der Waals surface area contributed by atoms with Gasteiger partial charge in [-0.05, 0) is 29.6 Å². The molecule has 0 aliphatic heterocycles. The second-order valence-corrected chi connectivity index (χ2v) is 5.44. The zero-order valence-corrected chi connectivity index (χ0v) is 17.0. The SMILES string of the molecule is COP(OC)OC.C[C]1[C](C)[C](C)[C](C)[C]1C.[CH2-][S-].[Rh+3]. The summed E-state index contributed by atoms with van der Waals surface area (Å²) in [5, 5.41) is 0. The molecular formula is C14H26O3PRhS+. The van der Waals surface area contributed by atoms with E-state index in [-0.39, 0.29) is 19.5 Å². The van der Waals surface area contributed by atoms with Crippen LogP contribution in [0, 0.1) is 35.8 Å². The average molecular weight is 408 g/mol. The van der Waals surface area contributed by atoms with Crippen molar-refractivity contribution < 1.29 is 33.0 Å². The summed E-state index contributed by atoms with van der Waals surface area (Å²) in [5.41, 5.74) is 0. The molecule has 1 aliphatic carbocycles. The van der Waals surface area contributed by atoms with Gasteiger partial charge in [-0.25, -0.2) is 0 Å². The van der Waals surface area contributed by atoms with E-state index in [1.54, 1.807) is 21.3 Å². The van der Waals surface area contributed by atoms with E-state index in [9.17, 15) is 0 Å². The molecule has 0 aromatic carbocycles. The molecule has 5 radical (unpaired) electrons. The summed E-state index contributed by atoms with van der Waals surface area (Å²) in [7, 11) is 3.57. The van der Waals surface area contributed by atoms with Gasteiger partial charge in [0.25, 0.3) is 0 Å². The van der Waals surface area contributed by atoms with Gasteiger partial charge in [0.1, 0.15) is 0 Å². The normalized spacial score (nSPS) is 18.1. The Labute approximate surface area is 146 Å². The minimum Gasteiger partial charge on any atom is -1.02 e. The quantitative estimate of drug-likeness (QED) is 0.299. The fraction of sp³-hybridized carbons (Fsp3) is 0.571. The third-order valence-corrected chi connectivity index (χ3v) is 4.15. The van der Waals surface area contributed by atoms with Gasteiger partial charge in [0.05, 0.1) is 0 Å². The molecule has 1 aliphatic rings. The summed E-state index contributed by atoms with van der Waals surface area (Å²) in [6, 6.07) is 0. The van der Waals surface area contributed by atoms with E-state index >= 15 is 0 Å². The first-order valence-corrected chi connectivity index (χ1v) is 7.48. The maximum atomic E-state index is 4.67. The van der Waals surface area contributed by atoms with Crippen molar-refractivity contribution >= 4 is 21.2 Å². The molecule has 20 heavy (non-hydrogen) atoms. The van der Waals surface area contributed by atoms with Crippen LogP contribution in [0.1, 0.15) is 34.6 Å². The first-order chi connectivity index (χ1) is 8.90. The maximum absolute atomic E-state index is 4.67. The van der Waals surface area contributed by atoms with E-state index in [4.69, 9.17) is 0 Å². The summed E-state index contributed by atoms with van der Waals surface area (Å²) < 4.78 is 14.0. The van der Waals surface area contributed by atoms with Crippen molar-refractivity contribution in [3.63, 3.8) is 0 Å². The second-order valence-electron chi connectivity index (χ2n) is 3.90. The van der Waals surface area contributed by atoms with Crippen LogP contribution in [-0.4, -0.2) is 21.3 Å². The zero-order chi connectivity index (χ0) is 15.6. The maximum Gasteiger partial charge on any atom is 3.00 e. The van der Waals surface area contributed by atoms with E-state index in [0.717, 1.165) is 0 Å². The van der Waals surface area contributed by atoms with Gasteiger partial charge >= 0.3 is 28.1 Å². The van der Waals surface area contributed by atoms with Crippen LogP contribution in [0.15, 0.2) is 0 Å². The van der Waals surface area contributed by atoms with Gasteiger partial charge in [-0.15, -0.1) is 0 Å². The Morgan fingerprint density at radius 1 is 0.650 bits per heavy atom. The monoisotopic (exact) mass is 408 g/mol. The van der Waals surface area contributed by atoms with Gasteiger partial charge in [0, 0.05) is 21.3 Å². The van der Waals surface area contributed by atoms with E-state index in [0.29, 0.717) is 0 Å². The van der Waals surface area contributed by atoms with Crippen LogP contribution in [-0.2, 0) is 45.7 Å². The molecule has 6 heteroatoms. The number of hydrogen-bond acceptors (Lipinski definition) is 4. The summed E-state index contributed by atoms with van der Waals surface area (Å²) >= 11 is 3.83. The Morgan fingerprint density at radius 2 is 0.800 bits per heavy atom. The third kappa shape index (κ3) is 8.66. The second kappa shape index (κ2) is 15.2. The van der Waals surface area contributed by atoms with Gasteiger partial charge in [0.15, 0.2) is 0 Å². The standard InChI is InChI=1S/C10H15.C3H9O3P.CH2S.Rh/c1-6-7(2)9(4)10(5)8(6)3;1-4-7(5-2)6-3;1-2;/h1-5H3;1-3H3;1H2;/q;;-2;+3. The first kappa shape index (κ1) is 26.2. The van der Waals surface area contributed by atoms with E-state index in [1.807, 2.05) is 0 Å². The van der Waals surface area contributed by atoms with Gasteiger partial charge < -0.3 is 32.5 Å². The molecule has 0 aromatic heterocycles. The van der Waals surface area contributed by atoms with E-state index < -0.39 is 8.60 Å².